The number of rotatable bonds is 3. The van der Waals surface area contributed by atoms with E-state index in [0.717, 1.165) is 11.3 Å². The standard InChI is InChI=1S/C11H11BrFN3/c12-10-5-8(1-2-11(10)13)7-16-4-3-9(6-14)15-16/h1-5H,6-7,14H2. The molecule has 0 radical (unpaired) electrons. The molecule has 5 heteroatoms. The van der Waals surface area contributed by atoms with E-state index in [1.54, 1.807) is 16.8 Å². The number of halogens is 2. The first-order chi connectivity index (χ1) is 7.69. The minimum absolute atomic E-state index is 0.258. The molecule has 1 heterocycles. The van der Waals surface area contributed by atoms with Gasteiger partial charge < -0.3 is 5.73 Å². The van der Waals surface area contributed by atoms with Crippen molar-refractivity contribution < 1.29 is 4.39 Å². The highest BCUT2D eigenvalue weighted by Crippen LogP contribution is 2.17. The Labute approximate surface area is 101 Å². The van der Waals surface area contributed by atoms with Gasteiger partial charge in [0.05, 0.1) is 16.7 Å². The quantitative estimate of drug-likeness (QED) is 0.939. The van der Waals surface area contributed by atoms with Gasteiger partial charge in [-0.2, -0.15) is 5.10 Å². The van der Waals surface area contributed by atoms with Crippen molar-refractivity contribution >= 4 is 15.9 Å². The van der Waals surface area contributed by atoms with E-state index in [-0.39, 0.29) is 5.82 Å². The number of nitrogens with two attached hydrogens (primary N) is 1. The smallest absolute Gasteiger partial charge is 0.137 e. The van der Waals surface area contributed by atoms with Crippen LogP contribution < -0.4 is 5.73 Å². The molecule has 2 rings (SSSR count). The highest BCUT2D eigenvalue weighted by Gasteiger charge is 2.02. The third-order valence-electron chi connectivity index (χ3n) is 2.23. The van der Waals surface area contributed by atoms with Gasteiger partial charge in [-0.25, -0.2) is 4.39 Å². The molecule has 3 nitrogen and oxygen atoms in total. The van der Waals surface area contributed by atoms with Crippen molar-refractivity contribution in [3.05, 3.63) is 52.0 Å². The molecule has 0 aliphatic carbocycles. The summed E-state index contributed by atoms with van der Waals surface area (Å²) >= 11 is 3.15. The van der Waals surface area contributed by atoms with Gasteiger partial charge >= 0.3 is 0 Å². The maximum atomic E-state index is 13.0. The molecular weight excluding hydrogens is 273 g/mol. The maximum absolute atomic E-state index is 13.0. The minimum atomic E-state index is -0.258. The van der Waals surface area contributed by atoms with Crippen molar-refractivity contribution in [2.75, 3.05) is 0 Å². The van der Waals surface area contributed by atoms with E-state index in [9.17, 15) is 4.39 Å². The van der Waals surface area contributed by atoms with E-state index in [1.807, 2.05) is 12.3 Å². The van der Waals surface area contributed by atoms with Gasteiger partial charge in [0.1, 0.15) is 5.82 Å². The van der Waals surface area contributed by atoms with Crippen molar-refractivity contribution in [1.82, 2.24) is 9.78 Å². The van der Waals surface area contributed by atoms with Gasteiger partial charge in [0.25, 0.3) is 0 Å². The van der Waals surface area contributed by atoms with Gasteiger partial charge in [-0.15, -0.1) is 0 Å². The zero-order valence-corrected chi connectivity index (χ0v) is 10.1. The second-order valence-electron chi connectivity index (χ2n) is 3.46. The van der Waals surface area contributed by atoms with Crippen LogP contribution in [0.25, 0.3) is 0 Å². The largest absolute Gasteiger partial charge is 0.325 e. The Bertz CT molecular complexity index is 496. The van der Waals surface area contributed by atoms with Gasteiger partial charge in [-0.05, 0) is 39.7 Å². The molecular formula is C11H11BrFN3. The predicted octanol–water partition coefficient (Wildman–Crippen LogP) is 2.29. The third kappa shape index (κ3) is 2.48. The van der Waals surface area contributed by atoms with Crippen molar-refractivity contribution in [2.24, 2.45) is 5.73 Å². The second kappa shape index (κ2) is 4.76. The van der Waals surface area contributed by atoms with Gasteiger partial charge in [0.2, 0.25) is 0 Å². The molecule has 0 bridgehead atoms. The Morgan fingerprint density at radius 2 is 2.19 bits per heavy atom. The van der Waals surface area contributed by atoms with Crippen LogP contribution in [0, 0.1) is 5.82 Å². The SMILES string of the molecule is NCc1ccn(Cc2ccc(F)c(Br)c2)n1. The molecule has 1 aromatic carbocycles. The lowest BCUT2D eigenvalue weighted by molar-refractivity contribution is 0.617. The predicted molar refractivity (Wildman–Crippen MR) is 63.3 cm³/mol. The molecule has 0 aliphatic rings. The van der Waals surface area contributed by atoms with Crippen LogP contribution in [-0.2, 0) is 13.1 Å². The molecule has 0 saturated heterocycles. The molecule has 0 spiro atoms. The van der Waals surface area contributed by atoms with E-state index in [1.165, 1.54) is 6.07 Å². The summed E-state index contributed by atoms with van der Waals surface area (Å²) in [6.45, 7) is 1.04. The monoisotopic (exact) mass is 283 g/mol. The van der Waals surface area contributed by atoms with E-state index >= 15 is 0 Å². The lowest BCUT2D eigenvalue weighted by atomic mass is 10.2. The highest BCUT2D eigenvalue weighted by atomic mass is 79.9. The van der Waals surface area contributed by atoms with E-state index in [4.69, 9.17) is 5.73 Å². The van der Waals surface area contributed by atoms with E-state index < -0.39 is 0 Å². The van der Waals surface area contributed by atoms with Crippen LogP contribution in [0.3, 0.4) is 0 Å². The molecule has 0 fully saturated rings. The van der Waals surface area contributed by atoms with Crippen molar-refractivity contribution in [1.29, 1.82) is 0 Å². The fourth-order valence-corrected chi connectivity index (χ4v) is 1.85. The van der Waals surface area contributed by atoms with Crippen molar-refractivity contribution in [3.63, 3.8) is 0 Å². The molecule has 0 unspecified atom stereocenters. The topological polar surface area (TPSA) is 43.8 Å². The summed E-state index contributed by atoms with van der Waals surface area (Å²) in [5.74, 6) is -0.258. The summed E-state index contributed by atoms with van der Waals surface area (Å²) in [6, 6.07) is 6.80. The first kappa shape index (κ1) is 11.3. The molecule has 0 amide bonds. The first-order valence-corrected chi connectivity index (χ1v) is 5.64. The van der Waals surface area contributed by atoms with Crippen LogP contribution in [0.15, 0.2) is 34.9 Å². The summed E-state index contributed by atoms with van der Waals surface area (Å²) in [6.07, 6.45) is 1.86. The summed E-state index contributed by atoms with van der Waals surface area (Å²) in [5, 5.41) is 4.26. The summed E-state index contributed by atoms with van der Waals surface area (Å²) in [5.41, 5.74) is 7.30. The van der Waals surface area contributed by atoms with Crippen LogP contribution in [-0.4, -0.2) is 9.78 Å². The molecule has 16 heavy (non-hydrogen) atoms. The average Bonchev–Trinajstić information content (AvgIpc) is 2.71. The van der Waals surface area contributed by atoms with Crippen molar-refractivity contribution in [2.45, 2.75) is 13.1 Å². The normalized spacial score (nSPS) is 10.7. The molecule has 2 aromatic rings. The first-order valence-electron chi connectivity index (χ1n) is 4.85. The van der Waals surface area contributed by atoms with Crippen LogP contribution in [0.4, 0.5) is 4.39 Å². The fraction of sp³-hybridized carbons (Fsp3) is 0.182. The number of benzene rings is 1. The molecule has 0 aliphatic heterocycles. The average molecular weight is 284 g/mol. The highest BCUT2D eigenvalue weighted by molar-refractivity contribution is 9.10. The number of nitrogens with zero attached hydrogens (tertiary/aromatic N) is 2. The molecule has 1 aromatic heterocycles. The Morgan fingerprint density at radius 3 is 2.81 bits per heavy atom. The van der Waals surface area contributed by atoms with Crippen LogP contribution in [0.1, 0.15) is 11.3 Å². The molecule has 0 saturated carbocycles. The zero-order chi connectivity index (χ0) is 11.5. The van der Waals surface area contributed by atoms with Gasteiger partial charge in [0.15, 0.2) is 0 Å². The van der Waals surface area contributed by atoms with Crippen LogP contribution >= 0.6 is 15.9 Å². The molecule has 0 atom stereocenters. The third-order valence-corrected chi connectivity index (χ3v) is 2.84. The summed E-state index contributed by atoms with van der Waals surface area (Å²) in [4.78, 5) is 0. The van der Waals surface area contributed by atoms with Crippen LogP contribution in [0.5, 0.6) is 0 Å². The fourth-order valence-electron chi connectivity index (χ4n) is 1.43. The molecule has 2 N–H and O–H groups in total. The zero-order valence-electron chi connectivity index (χ0n) is 8.53. The van der Waals surface area contributed by atoms with E-state index in [2.05, 4.69) is 21.0 Å². The molecule has 84 valence electrons. The van der Waals surface area contributed by atoms with Crippen molar-refractivity contribution in [3.8, 4) is 0 Å². The second-order valence-corrected chi connectivity index (χ2v) is 4.31. The van der Waals surface area contributed by atoms with E-state index in [0.29, 0.717) is 17.6 Å². The number of aromatic nitrogens is 2. The number of hydrogen-bond acceptors (Lipinski definition) is 2. The number of hydrogen-bond donors (Lipinski definition) is 1. The minimum Gasteiger partial charge on any atom is -0.325 e. The van der Waals surface area contributed by atoms with Gasteiger partial charge in [0, 0.05) is 12.7 Å². The Hall–Kier alpha value is -1.20. The maximum Gasteiger partial charge on any atom is 0.137 e. The van der Waals surface area contributed by atoms with Crippen LogP contribution in [0.2, 0.25) is 0 Å². The Balaban J connectivity index is 2.17. The Kier molecular flexibility index (Phi) is 3.36. The lowest BCUT2D eigenvalue weighted by Crippen LogP contribution is -2.03. The lowest BCUT2D eigenvalue weighted by Gasteiger charge is -2.03. The van der Waals surface area contributed by atoms with Gasteiger partial charge in [-0.1, -0.05) is 6.07 Å². The summed E-state index contributed by atoms with van der Waals surface area (Å²) < 4.78 is 15.3. The Morgan fingerprint density at radius 1 is 1.38 bits per heavy atom. The summed E-state index contributed by atoms with van der Waals surface area (Å²) in [7, 11) is 0. The van der Waals surface area contributed by atoms with Gasteiger partial charge in [-0.3, -0.25) is 4.68 Å².